The van der Waals surface area contributed by atoms with Crippen molar-refractivity contribution in [1.29, 1.82) is 0 Å². The minimum Gasteiger partial charge on any atom is -0.508 e. The van der Waals surface area contributed by atoms with E-state index in [1.807, 2.05) is 26.2 Å². The zero-order chi connectivity index (χ0) is 18.7. The van der Waals surface area contributed by atoms with E-state index in [9.17, 15) is 5.11 Å². The summed E-state index contributed by atoms with van der Waals surface area (Å²) in [5.41, 5.74) is 5.29. The van der Waals surface area contributed by atoms with Gasteiger partial charge in [0, 0.05) is 35.5 Å². The molecule has 3 nitrogen and oxygen atoms in total. The van der Waals surface area contributed by atoms with Crippen molar-refractivity contribution in [2.75, 3.05) is 24.3 Å². The van der Waals surface area contributed by atoms with E-state index in [1.165, 1.54) is 5.56 Å². The normalized spacial score (nSPS) is 11.8. The number of nitrogens with zero attached hydrogens (tertiary/aromatic N) is 1. The average Bonchev–Trinajstić information content (AvgIpc) is 2.63. The van der Waals surface area contributed by atoms with Crippen LogP contribution in [0.1, 0.15) is 22.7 Å². The van der Waals surface area contributed by atoms with Gasteiger partial charge in [0.15, 0.2) is 0 Å². The van der Waals surface area contributed by atoms with Crippen LogP contribution in [0.25, 0.3) is 0 Å². The molecule has 1 unspecified atom stereocenters. The van der Waals surface area contributed by atoms with Crippen molar-refractivity contribution < 1.29 is 5.11 Å². The van der Waals surface area contributed by atoms with Gasteiger partial charge in [0.1, 0.15) is 5.75 Å². The molecule has 0 aliphatic carbocycles. The molecule has 2 N–H and O–H groups in total. The molecule has 0 bridgehead atoms. The second-order valence-corrected chi connectivity index (χ2v) is 7.55. The molecule has 0 heterocycles. The van der Waals surface area contributed by atoms with Gasteiger partial charge in [-0.25, -0.2) is 0 Å². The summed E-state index contributed by atoms with van der Waals surface area (Å²) >= 11 is 3.52. The van der Waals surface area contributed by atoms with Gasteiger partial charge in [-0.05, 0) is 55.0 Å². The van der Waals surface area contributed by atoms with Crippen molar-refractivity contribution >= 4 is 27.3 Å². The Morgan fingerprint density at radius 3 is 2.19 bits per heavy atom. The first-order valence-electron chi connectivity index (χ1n) is 8.53. The molecule has 0 fully saturated rings. The third kappa shape index (κ3) is 4.20. The molecule has 0 saturated carbocycles. The lowest BCUT2D eigenvalue weighted by Gasteiger charge is -2.23. The van der Waals surface area contributed by atoms with Gasteiger partial charge in [-0.2, -0.15) is 0 Å². The second kappa shape index (κ2) is 7.83. The van der Waals surface area contributed by atoms with E-state index < -0.39 is 0 Å². The van der Waals surface area contributed by atoms with Crippen LogP contribution in [0.2, 0.25) is 0 Å². The number of nitrogens with one attached hydrogen (secondary N) is 1. The number of phenolic OH excluding ortho intramolecular Hbond substituents is 1. The van der Waals surface area contributed by atoms with Crippen LogP contribution in [-0.4, -0.2) is 19.2 Å². The third-order valence-corrected chi connectivity index (χ3v) is 4.90. The van der Waals surface area contributed by atoms with Crippen LogP contribution in [0.5, 0.6) is 5.75 Å². The number of phenols is 1. The monoisotopic (exact) mass is 410 g/mol. The molecule has 3 rings (SSSR count). The quantitative estimate of drug-likeness (QED) is 0.563. The molecule has 0 aromatic heterocycles. The molecule has 4 heteroatoms. The van der Waals surface area contributed by atoms with Gasteiger partial charge < -0.3 is 15.3 Å². The number of rotatable bonds is 5. The molecule has 0 amide bonds. The Morgan fingerprint density at radius 1 is 0.923 bits per heavy atom. The molecular formula is C22H23BrN2O. The number of halogens is 1. The SMILES string of the molecule is Cc1ccc(NC(c2ccc(N(C)C)cc2)c2cc(Br)ccc2O)cc1. The van der Waals surface area contributed by atoms with Crippen molar-refractivity contribution in [2.45, 2.75) is 13.0 Å². The van der Waals surface area contributed by atoms with E-state index in [0.29, 0.717) is 0 Å². The van der Waals surface area contributed by atoms with Crippen LogP contribution in [0.15, 0.2) is 71.2 Å². The molecule has 26 heavy (non-hydrogen) atoms. The molecule has 0 saturated heterocycles. The highest BCUT2D eigenvalue weighted by Gasteiger charge is 2.18. The van der Waals surface area contributed by atoms with Gasteiger partial charge in [-0.3, -0.25) is 0 Å². The Hall–Kier alpha value is -2.46. The zero-order valence-corrected chi connectivity index (χ0v) is 16.8. The van der Waals surface area contributed by atoms with Crippen LogP contribution < -0.4 is 10.2 Å². The summed E-state index contributed by atoms with van der Waals surface area (Å²) in [5, 5.41) is 14.0. The Kier molecular flexibility index (Phi) is 5.52. The number of benzene rings is 3. The minimum absolute atomic E-state index is 0.161. The summed E-state index contributed by atoms with van der Waals surface area (Å²) in [5.74, 6) is 0.273. The number of hydrogen-bond acceptors (Lipinski definition) is 3. The molecule has 0 aliphatic rings. The first kappa shape index (κ1) is 18.3. The topological polar surface area (TPSA) is 35.5 Å². The molecule has 0 aliphatic heterocycles. The van der Waals surface area contributed by atoms with Gasteiger partial charge in [-0.1, -0.05) is 45.8 Å². The molecule has 1 atom stereocenters. The van der Waals surface area contributed by atoms with Crippen LogP contribution in [0.3, 0.4) is 0 Å². The van der Waals surface area contributed by atoms with Crippen molar-refractivity contribution in [1.82, 2.24) is 0 Å². The van der Waals surface area contributed by atoms with Gasteiger partial charge in [0.05, 0.1) is 6.04 Å². The Morgan fingerprint density at radius 2 is 1.58 bits per heavy atom. The number of aromatic hydroxyl groups is 1. The minimum atomic E-state index is -0.161. The number of hydrogen-bond donors (Lipinski definition) is 2. The van der Waals surface area contributed by atoms with Crippen molar-refractivity contribution in [3.8, 4) is 5.75 Å². The Labute approximate surface area is 163 Å². The van der Waals surface area contributed by atoms with Crippen molar-refractivity contribution in [2.24, 2.45) is 0 Å². The molecule has 0 spiro atoms. The van der Waals surface area contributed by atoms with Crippen LogP contribution in [-0.2, 0) is 0 Å². The summed E-state index contributed by atoms with van der Waals surface area (Å²) in [6, 6.07) is 22.0. The summed E-state index contributed by atoms with van der Waals surface area (Å²) in [6.45, 7) is 2.07. The summed E-state index contributed by atoms with van der Waals surface area (Å²) in [4.78, 5) is 2.07. The smallest absolute Gasteiger partial charge is 0.121 e. The number of aryl methyl sites for hydroxylation is 1. The predicted octanol–water partition coefficient (Wildman–Crippen LogP) is 5.73. The van der Waals surface area contributed by atoms with Crippen molar-refractivity contribution in [3.63, 3.8) is 0 Å². The van der Waals surface area contributed by atoms with Gasteiger partial charge in [0.25, 0.3) is 0 Å². The maximum absolute atomic E-state index is 10.5. The first-order chi connectivity index (χ1) is 12.4. The zero-order valence-electron chi connectivity index (χ0n) is 15.2. The molecule has 3 aromatic rings. The van der Waals surface area contributed by atoms with Crippen LogP contribution in [0.4, 0.5) is 11.4 Å². The van der Waals surface area contributed by atoms with Crippen molar-refractivity contribution in [3.05, 3.63) is 87.9 Å². The number of anilines is 2. The lowest BCUT2D eigenvalue weighted by molar-refractivity contribution is 0.466. The molecule has 134 valence electrons. The summed E-state index contributed by atoms with van der Waals surface area (Å²) in [6.07, 6.45) is 0. The molecule has 3 aromatic carbocycles. The predicted molar refractivity (Wildman–Crippen MR) is 113 cm³/mol. The van der Waals surface area contributed by atoms with E-state index in [2.05, 4.69) is 81.6 Å². The Bertz CT molecular complexity index is 874. The standard InChI is InChI=1S/C22H23BrN2O/c1-15-4-9-18(10-5-15)24-22(20-14-17(23)8-13-21(20)26)16-6-11-19(12-7-16)25(2)3/h4-14,22,24,26H,1-3H3. The van der Waals surface area contributed by atoms with E-state index in [0.717, 1.165) is 27.0 Å². The Balaban J connectivity index is 2.03. The molecule has 0 radical (unpaired) electrons. The highest BCUT2D eigenvalue weighted by molar-refractivity contribution is 9.10. The lowest BCUT2D eigenvalue weighted by atomic mass is 9.97. The summed E-state index contributed by atoms with van der Waals surface area (Å²) in [7, 11) is 4.05. The maximum Gasteiger partial charge on any atom is 0.121 e. The van der Waals surface area contributed by atoms with E-state index in [-0.39, 0.29) is 11.8 Å². The fourth-order valence-electron chi connectivity index (χ4n) is 2.88. The summed E-state index contributed by atoms with van der Waals surface area (Å²) < 4.78 is 0.936. The highest BCUT2D eigenvalue weighted by Crippen LogP contribution is 2.35. The third-order valence-electron chi connectivity index (χ3n) is 4.41. The van der Waals surface area contributed by atoms with Crippen LogP contribution in [0, 0.1) is 6.92 Å². The molecular weight excluding hydrogens is 388 g/mol. The van der Waals surface area contributed by atoms with Gasteiger partial charge in [-0.15, -0.1) is 0 Å². The maximum atomic E-state index is 10.5. The first-order valence-corrected chi connectivity index (χ1v) is 9.32. The largest absolute Gasteiger partial charge is 0.508 e. The fraction of sp³-hybridized carbons (Fsp3) is 0.182. The van der Waals surface area contributed by atoms with Gasteiger partial charge >= 0.3 is 0 Å². The van der Waals surface area contributed by atoms with E-state index in [1.54, 1.807) is 6.07 Å². The highest BCUT2D eigenvalue weighted by atomic mass is 79.9. The van der Waals surface area contributed by atoms with E-state index >= 15 is 0 Å². The lowest BCUT2D eigenvalue weighted by Crippen LogP contribution is -2.14. The van der Waals surface area contributed by atoms with Crippen LogP contribution >= 0.6 is 15.9 Å². The second-order valence-electron chi connectivity index (χ2n) is 6.63. The fourth-order valence-corrected chi connectivity index (χ4v) is 3.26. The van der Waals surface area contributed by atoms with Gasteiger partial charge in [0.2, 0.25) is 0 Å². The average molecular weight is 411 g/mol. The van der Waals surface area contributed by atoms with E-state index in [4.69, 9.17) is 0 Å².